The van der Waals surface area contributed by atoms with Crippen LogP contribution in [0.3, 0.4) is 0 Å². The molecule has 0 aliphatic carbocycles. The first-order valence-corrected chi connectivity index (χ1v) is 11.9. The third kappa shape index (κ3) is 5.62. The number of carbonyl (C=O) groups excluding carboxylic acids is 1. The van der Waals surface area contributed by atoms with E-state index in [0.29, 0.717) is 51.9 Å². The Bertz CT molecular complexity index is 1180. The van der Waals surface area contributed by atoms with Crippen molar-refractivity contribution in [2.45, 2.75) is 44.7 Å². The number of nitrogens with one attached hydrogen (secondary N) is 2. The second-order valence-corrected chi connectivity index (χ2v) is 9.28. The lowest BCUT2D eigenvalue weighted by Crippen LogP contribution is -2.37. The maximum Gasteiger partial charge on any atom is 0.326 e. The number of carboxylic acids is 1. The van der Waals surface area contributed by atoms with Crippen LogP contribution in [0.5, 0.6) is 0 Å². The molecule has 1 unspecified atom stereocenters. The van der Waals surface area contributed by atoms with E-state index < -0.39 is 30.7 Å². The highest BCUT2D eigenvalue weighted by atomic mass is 19.1. The summed E-state index contributed by atoms with van der Waals surface area (Å²) in [5.74, 6) is -2.04. The summed E-state index contributed by atoms with van der Waals surface area (Å²) in [7, 11) is 2.28. The average Bonchev–Trinajstić information content (AvgIpc) is 3.42. The van der Waals surface area contributed by atoms with E-state index in [4.69, 9.17) is 4.65 Å². The van der Waals surface area contributed by atoms with Gasteiger partial charge in [0.15, 0.2) is 0 Å². The van der Waals surface area contributed by atoms with Crippen LogP contribution >= 0.6 is 0 Å². The van der Waals surface area contributed by atoms with E-state index in [9.17, 15) is 24.1 Å². The first-order valence-electron chi connectivity index (χ1n) is 11.9. The van der Waals surface area contributed by atoms with E-state index in [1.54, 1.807) is 0 Å². The Morgan fingerprint density at radius 2 is 2.00 bits per heavy atom. The van der Waals surface area contributed by atoms with Gasteiger partial charge in [-0.1, -0.05) is 29.7 Å². The molecule has 1 atom stereocenters. The quantitative estimate of drug-likeness (QED) is 0.258. The molecule has 0 fully saturated rings. The highest BCUT2D eigenvalue weighted by molar-refractivity contribution is 6.68. The van der Waals surface area contributed by atoms with Crippen LogP contribution in [0.4, 0.5) is 4.39 Å². The molecule has 0 saturated heterocycles. The van der Waals surface area contributed by atoms with Gasteiger partial charge in [0, 0.05) is 12.2 Å². The van der Waals surface area contributed by atoms with Crippen molar-refractivity contribution in [2.75, 3.05) is 6.54 Å². The smallest absolute Gasteiger partial charge is 0.326 e. The number of aryl methyl sites for hydroxylation is 1. The minimum atomic E-state index is -0.980. The standard InChI is InChI=1S/C24H28B3FN2O5/c1-13(16-8-14-5-6-27(34)20(14)10-18(16)25)30-22(24(32)33)4-2-3-7-29-23(31)17-9-15-12-35-26-19(15)11-21(17)28/h8-11,22,26,30,34H,1-7,12,25H2,(H,29,31)(H,32,33). The third-order valence-electron chi connectivity index (χ3n) is 6.76. The van der Waals surface area contributed by atoms with Gasteiger partial charge in [0.2, 0.25) is 0 Å². The van der Waals surface area contributed by atoms with Crippen molar-refractivity contribution in [3.05, 3.63) is 58.9 Å². The molecule has 35 heavy (non-hydrogen) atoms. The van der Waals surface area contributed by atoms with Crippen molar-refractivity contribution in [3.8, 4) is 0 Å². The van der Waals surface area contributed by atoms with Crippen molar-refractivity contribution < 1.29 is 28.8 Å². The Labute approximate surface area is 205 Å². The zero-order valence-corrected chi connectivity index (χ0v) is 19.8. The van der Waals surface area contributed by atoms with E-state index >= 15 is 0 Å². The highest BCUT2D eigenvalue weighted by Gasteiger charge is 2.27. The molecule has 2 aromatic carbocycles. The summed E-state index contributed by atoms with van der Waals surface area (Å²) >= 11 is 0. The number of aliphatic carboxylic acids is 1. The maximum absolute atomic E-state index is 14.2. The van der Waals surface area contributed by atoms with Gasteiger partial charge in [-0.15, -0.1) is 0 Å². The summed E-state index contributed by atoms with van der Waals surface area (Å²) in [5.41, 5.74) is 5.89. The molecule has 2 heterocycles. The molecule has 4 N–H and O–H groups in total. The number of fused-ring (bicyclic) bond motifs is 2. The van der Waals surface area contributed by atoms with Crippen molar-refractivity contribution in [1.29, 1.82) is 0 Å². The lowest BCUT2D eigenvalue weighted by atomic mass is 9.62. The minimum absolute atomic E-state index is 0.00661. The number of unbranched alkanes of at least 4 members (excludes halogenated alkanes) is 1. The van der Waals surface area contributed by atoms with Gasteiger partial charge in [0.1, 0.15) is 19.7 Å². The molecule has 0 saturated carbocycles. The second-order valence-electron chi connectivity index (χ2n) is 9.28. The van der Waals surface area contributed by atoms with Gasteiger partial charge in [0.25, 0.3) is 5.91 Å². The predicted octanol–water partition coefficient (Wildman–Crippen LogP) is -1.05. The molecule has 0 aromatic heterocycles. The number of carbonyl (C=O) groups is 2. The summed E-state index contributed by atoms with van der Waals surface area (Å²) in [6.07, 6.45) is 2.92. The molecule has 2 aliphatic heterocycles. The van der Waals surface area contributed by atoms with Gasteiger partial charge < -0.3 is 25.4 Å². The Hall–Kier alpha value is -3.04. The molecule has 0 bridgehead atoms. The number of benzene rings is 2. The molecule has 1 amide bonds. The van der Waals surface area contributed by atoms with Gasteiger partial charge in [0.05, 0.1) is 12.2 Å². The lowest BCUT2D eigenvalue weighted by molar-refractivity contribution is -0.139. The highest BCUT2D eigenvalue weighted by Crippen LogP contribution is 2.18. The van der Waals surface area contributed by atoms with Gasteiger partial charge in [-0.2, -0.15) is 0 Å². The van der Waals surface area contributed by atoms with Crippen molar-refractivity contribution in [3.63, 3.8) is 0 Å². The summed E-state index contributed by atoms with van der Waals surface area (Å²) in [5, 5.41) is 25.5. The predicted molar refractivity (Wildman–Crippen MR) is 138 cm³/mol. The molecular formula is C24H28B3FN2O5. The van der Waals surface area contributed by atoms with Crippen LogP contribution < -0.4 is 27.0 Å². The Balaban J connectivity index is 1.27. The SMILES string of the molecule is Bc1cc2c(cc1C(=C)NC(CCCCNC(=O)c1cc3c(cc1F)BOC3)C(=O)O)CCB2O. The third-order valence-corrected chi connectivity index (χ3v) is 6.76. The maximum atomic E-state index is 14.2. The summed E-state index contributed by atoms with van der Waals surface area (Å²) in [4.78, 5) is 24.2. The summed E-state index contributed by atoms with van der Waals surface area (Å²) in [6, 6.07) is 5.98. The minimum Gasteiger partial charge on any atom is -0.480 e. The molecule has 0 spiro atoms. The molecule has 2 aliphatic rings. The Morgan fingerprint density at radius 1 is 1.23 bits per heavy atom. The van der Waals surface area contributed by atoms with E-state index in [0.717, 1.165) is 39.5 Å². The molecule has 0 radical (unpaired) electrons. The van der Waals surface area contributed by atoms with Gasteiger partial charge in [-0.05, 0) is 66.2 Å². The number of hydrogen-bond donors (Lipinski definition) is 4. The first-order chi connectivity index (χ1) is 16.7. The molecule has 7 nitrogen and oxygen atoms in total. The van der Waals surface area contributed by atoms with E-state index in [1.165, 1.54) is 12.1 Å². The molecule has 2 aromatic rings. The number of hydrogen-bond acceptors (Lipinski definition) is 5. The number of halogens is 1. The van der Waals surface area contributed by atoms with E-state index in [-0.39, 0.29) is 5.56 Å². The molecule has 4 rings (SSSR count). The van der Waals surface area contributed by atoms with E-state index in [2.05, 4.69) is 17.2 Å². The average molecular weight is 476 g/mol. The summed E-state index contributed by atoms with van der Waals surface area (Å²) < 4.78 is 19.5. The van der Waals surface area contributed by atoms with Crippen LogP contribution in [-0.4, -0.2) is 56.8 Å². The van der Waals surface area contributed by atoms with Crippen LogP contribution in [0, 0.1) is 5.82 Å². The van der Waals surface area contributed by atoms with Crippen molar-refractivity contribution in [1.82, 2.24) is 10.6 Å². The number of amides is 1. The van der Waals surface area contributed by atoms with Crippen molar-refractivity contribution >= 4 is 56.2 Å². The first kappa shape index (κ1) is 25.1. The summed E-state index contributed by atoms with van der Waals surface area (Å²) in [6.45, 7) is 4.29. The number of rotatable bonds is 10. The Kier molecular flexibility index (Phi) is 7.67. The normalized spacial score (nSPS) is 14.6. The Morgan fingerprint density at radius 3 is 2.77 bits per heavy atom. The zero-order valence-electron chi connectivity index (χ0n) is 19.8. The van der Waals surface area contributed by atoms with Gasteiger partial charge >= 0.3 is 20.4 Å². The number of carboxylic acid groups (broad SMARTS) is 1. The monoisotopic (exact) mass is 476 g/mol. The van der Waals surface area contributed by atoms with Gasteiger partial charge in [-0.25, -0.2) is 9.18 Å². The van der Waals surface area contributed by atoms with Gasteiger partial charge in [-0.3, -0.25) is 4.79 Å². The molecular weight excluding hydrogens is 448 g/mol. The lowest BCUT2D eigenvalue weighted by Gasteiger charge is -2.20. The van der Waals surface area contributed by atoms with E-state index in [1.807, 2.05) is 20.0 Å². The van der Waals surface area contributed by atoms with Crippen LogP contribution in [0.2, 0.25) is 6.32 Å². The zero-order chi connectivity index (χ0) is 25.1. The van der Waals surface area contributed by atoms with Crippen LogP contribution in [0.15, 0.2) is 30.8 Å². The molecule has 11 heteroatoms. The fourth-order valence-corrected chi connectivity index (χ4v) is 4.76. The van der Waals surface area contributed by atoms with Crippen LogP contribution in [0.25, 0.3) is 5.70 Å². The van der Waals surface area contributed by atoms with Crippen LogP contribution in [0.1, 0.15) is 46.3 Å². The fourth-order valence-electron chi connectivity index (χ4n) is 4.76. The fraction of sp³-hybridized carbons (Fsp3) is 0.333. The van der Waals surface area contributed by atoms with Crippen molar-refractivity contribution in [2.24, 2.45) is 0 Å². The second kappa shape index (κ2) is 10.7. The van der Waals surface area contributed by atoms with Crippen LogP contribution in [-0.2, 0) is 22.5 Å². The topological polar surface area (TPSA) is 108 Å². The molecule has 180 valence electrons. The largest absolute Gasteiger partial charge is 0.480 e.